The third-order valence-electron chi connectivity index (χ3n) is 3.25. The van der Waals surface area contributed by atoms with Crippen LogP contribution in [0.1, 0.15) is 15.4 Å². The van der Waals surface area contributed by atoms with Gasteiger partial charge < -0.3 is 9.64 Å². The van der Waals surface area contributed by atoms with Gasteiger partial charge in [0.1, 0.15) is 0 Å². The van der Waals surface area contributed by atoms with Gasteiger partial charge in [0.15, 0.2) is 0 Å². The number of likely N-dealkylation sites (N-methyl/N-ethyl adjacent to an activating group) is 1. The van der Waals surface area contributed by atoms with Crippen molar-refractivity contribution in [1.29, 1.82) is 0 Å². The third-order valence-corrected chi connectivity index (χ3v) is 4.22. The highest BCUT2D eigenvalue weighted by molar-refractivity contribution is 7.15. The van der Waals surface area contributed by atoms with Gasteiger partial charge in [-0.3, -0.25) is 4.98 Å². The van der Waals surface area contributed by atoms with Crippen LogP contribution < -0.4 is 4.90 Å². The number of alkyl halides is 3. The summed E-state index contributed by atoms with van der Waals surface area (Å²) in [6.45, 7) is -0.0221. The maximum Gasteiger partial charge on any atom is 0.445 e. The predicted octanol–water partition coefficient (Wildman–Crippen LogP) is 2.01. The number of ether oxygens (including phenoxy) is 1. The summed E-state index contributed by atoms with van der Waals surface area (Å²) < 4.78 is 43.3. The highest BCUT2D eigenvalue weighted by Crippen LogP contribution is 2.36. The maximum atomic E-state index is 12.7. The summed E-state index contributed by atoms with van der Waals surface area (Å²) >= 11 is 0.197. The Labute approximate surface area is 142 Å². The molecule has 2 aromatic rings. The minimum Gasteiger partial charge on any atom is -0.435 e. The number of anilines is 1. The lowest BCUT2D eigenvalue weighted by Crippen LogP contribution is -2.37. The number of halogens is 3. The first-order chi connectivity index (χ1) is 11.8. The lowest BCUT2D eigenvalue weighted by molar-refractivity contribution is -0.138. The van der Waals surface area contributed by atoms with Crippen molar-refractivity contribution in [3.63, 3.8) is 0 Å². The van der Waals surface area contributed by atoms with Crippen LogP contribution >= 0.6 is 11.3 Å². The van der Waals surface area contributed by atoms with Crippen LogP contribution in [0.5, 0.6) is 0 Å². The van der Waals surface area contributed by atoms with Crippen LogP contribution in [0.15, 0.2) is 24.5 Å². The molecule has 132 valence electrons. The standard InChI is InChI=1S/C13H10F3N5O3S/c1-20-6-8(24-9(22)7-3-2-4-17-5-7)21(12(20)23)11-19-18-10(25-11)13(14,15)16/h2-5,8H,6H2,1H3. The zero-order valence-electron chi connectivity index (χ0n) is 12.6. The van der Waals surface area contributed by atoms with Crippen LogP contribution in [0.2, 0.25) is 0 Å². The molecule has 1 atom stereocenters. The van der Waals surface area contributed by atoms with E-state index in [1.54, 1.807) is 0 Å². The van der Waals surface area contributed by atoms with E-state index in [-0.39, 0.29) is 28.6 Å². The van der Waals surface area contributed by atoms with E-state index in [2.05, 4.69) is 15.2 Å². The van der Waals surface area contributed by atoms with Gasteiger partial charge in [0.2, 0.25) is 16.4 Å². The molecule has 0 aromatic carbocycles. The Hall–Kier alpha value is -2.76. The summed E-state index contributed by atoms with van der Waals surface area (Å²) in [6.07, 6.45) is -3.05. The molecule has 0 spiro atoms. The molecule has 0 bridgehead atoms. The van der Waals surface area contributed by atoms with Crippen molar-refractivity contribution < 1.29 is 27.5 Å². The van der Waals surface area contributed by atoms with Crippen LogP contribution in [0, 0.1) is 0 Å². The monoisotopic (exact) mass is 373 g/mol. The second kappa shape index (κ2) is 6.27. The van der Waals surface area contributed by atoms with Crippen LogP contribution in [-0.4, -0.2) is 51.9 Å². The molecular weight excluding hydrogens is 363 g/mol. The van der Waals surface area contributed by atoms with E-state index in [0.29, 0.717) is 0 Å². The summed E-state index contributed by atoms with van der Waals surface area (Å²) in [6, 6.07) is 2.35. The second-order valence-corrected chi connectivity index (χ2v) is 5.98. The average Bonchev–Trinajstić information content (AvgIpc) is 3.14. The fourth-order valence-electron chi connectivity index (χ4n) is 2.10. The largest absolute Gasteiger partial charge is 0.445 e. The number of amides is 2. The first-order valence-electron chi connectivity index (χ1n) is 6.83. The van der Waals surface area contributed by atoms with Gasteiger partial charge in [-0.05, 0) is 12.1 Å². The normalized spacial score (nSPS) is 17.9. The number of aromatic nitrogens is 3. The van der Waals surface area contributed by atoms with Gasteiger partial charge in [-0.15, -0.1) is 10.2 Å². The average molecular weight is 373 g/mol. The minimum atomic E-state index is -4.67. The molecular formula is C13H10F3N5O3S. The summed E-state index contributed by atoms with van der Waals surface area (Å²) in [5.41, 5.74) is 0.151. The molecule has 3 heterocycles. The molecule has 1 fully saturated rings. The van der Waals surface area contributed by atoms with Gasteiger partial charge in [-0.25, -0.2) is 14.5 Å². The number of pyridine rings is 1. The summed E-state index contributed by atoms with van der Waals surface area (Å²) in [5.74, 6) is -0.758. The fourth-order valence-corrected chi connectivity index (χ4v) is 2.84. The zero-order valence-corrected chi connectivity index (χ0v) is 13.4. The van der Waals surface area contributed by atoms with Crippen molar-refractivity contribution in [3.05, 3.63) is 35.1 Å². The van der Waals surface area contributed by atoms with E-state index in [1.165, 1.54) is 36.5 Å². The molecule has 1 saturated heterocycles. The molecule has 3 rings (SSSR count). The van der Waals surface area contributed by atoms with Crippen LogP contribution in [0.4, 0.5) is 23.1 Å². The molecule has 0 radical (unpaired) electrons. The minimum absolute atomic E-state index is 0.0221. The quantitative estimate of drug-likeness (QED) is 0.765. The molecule has 12 heteroatoms. The van der Waals surface area contributed by atoms with Gasteiger partial charge in [-0.1, -0.05) is 11.3 Å². The molecule has 1 aliphatic heterocycles. The number of nitrogens with zero attached hydrogens (tertiary/aromatic N) is 5. The van der Waals surface area contributed by atoms with E-state index in [4.69, 9.17) is 4.74 Å². The number of rotatable bonds is 3. The Bertz CT molecular complexity index is 798. The number of carbonyl (C=O) groups is 2. The fraction of sp³-hybridized carbons (Fsp3) is 0.308. The molecule has 2 amide bonds. The zero-order chi connectivity index (χ0) is 18.2. The van der Waals surface area contributed by atoms with E-state index < -0.39 is 29.4 Å². The van der Waals surface area contributed by atoms with E-state index in [1.807, 2.05) is 0 Å². The maximum absolute atomic E-state index is 12.7. The van der Waals surface area contributed by atoms with Crippen molar-refractivity contribution in [1.82, 2.24) is 20.1 Å². The van der Waals surface area contributed by atoms with Crippen molar-refractivity contribution in [2.24, 2.45) is 0 Å². The van der Waals surface area contributed by atoms with E-state index >= 15 is 0 Å². The van der Waals surface area contributed by atoms with Gasteiger partial charge in [0.25, 0.3) is 0 Å². The molecule has 25 heavy (non-hydrogen) atoms. The first kappa shape index (κ1) is 17.1. The number of hydrogen-bond donors (Lipinski definition) is 0. The lowest BCUT2D eigenvalue weighted by Gasteiger charge is -2.19. The highest BCUT2D eigenvalue weighted by atomic mass is 32.1. The van der Waals surface area contributed by atoms with E-state index in [9.17, 15) is 22.8 Å². The van der Waals surface area contributed by atoms with Crippen molar-refractivity contribution >= 4 is 28.5 Å². The van der Waals surface area contributed by atoms with Gasteiger partial charge in [0.05, 0.1) is 12.1 Å². The Morgan fingerprint density at radius 3 is 2.76 bits per heavy atom. The molecule has 2 aromatic heterocycles. The Kier molecular flexibility index (Phi) is 4.29. The molecule has 0 N–H and O–H groups in total. The number of esters is 1. The van der Waals surface area contributed by atoms with Gasteiger partial charge in [-0.2, -0.15) is 13.2 Å². The van der Waals surface area contributed by atoms with Crippen molar-refractivity contribution in [2.75, 3.05) is 18.5 Å². The Morgan fingerprint density at radius 2 is 2.16 bits per heavy atom. The molecule has 0 saturated carbocycles. The SMILES string of the molecule is CN1CC(OC(=O)c2cccnc2)N(c2nnc(C(F)(F)F)s2)C1=O. The Morgan fingerprint density at radius 1 is 1.40 bits per heavy atom. The van der Waals surface area contributed by atoms with Crippen molar-refractivity contribution in [2.45, 2.75) is 12.4 Å². The first-order valence-corrected chi connectivity index (χ1v) is 7.65. The lowest BCUT2D eigenvalue weighted by atomic mass is 10.3. The third kappa shape index (κ3) is 3.38. The predicted molar refractivity (Wildman–Crippen MR) is 78.9 cm³/mol. The summed E-state index contributed by atoms with van der Waals surface area (Å²) in [5, 5.41) is 4.95. The van der Waals surface area contributed by atoms with E-state index in [0.717, 1.165) is 4.90 Å². The topological polar surface area (TPSA) is 88.5 Å². The van der Waals surface area contributed by atoms with Crippen molar-refractivity contribution in [3.8, 4) is 0 Å². The number of carbonyl (C=O) groups excluding carboxylic acids is 2. The van der Waals surface area contributed by atoms with Crippen LogP contribution in [0.25, 0.3) is 0 Å². The molecule has 0 aliphatic carbocycles. The van der Waals surface area contributed by atoms with Gasteiger partial charge in [0, 0.05) is 19.4 Å². The van der Waals surface area contributed by atoms with Crippen LogP contribution in [0.3, 0.4) is 0 Å². The molecule has 8 nitrogen and oxygen atoms in total. The molecule has 1 aliphatic rings. The highest BCUT2D eigenvalue weighted by Gasteiger charge is 2.43. The second-order valence-electron chi connectivity index (χ2n) is 5.02. The number of urea groups is 1. The summed E-state index contributed by atoms with van der Waals surface area (Å²) in [7, 11) is 1.43. The summed E-state index contributed by atoms with van der Waals surface area (Å²) in [4.78, 5) is 30.2. The molecule has 1 unspecified atom stereocenters. The van der Waals surface area contributed by atoms with Gasteiger partial charge >= 0.3 is 18.2 Å². The number of hydrogen-bond acceptors (Lipinski definition) is 7. The van der Waals surface area contributed by atoms with Crippen LogP contribution in [-0.2, 0) is 10.9 Å². The Balaban J connectivity index is 1.84. The smallest absolute Gasteiger partial charge is 0.435 e.